The van der Waals surface area contributed by atoms with Crippen molar-refractivity contribution in [2.45, 2.75) is 24.3 Å². The summed E-state index contributed by atoms with van der Waals surface area (Å²) in [7, 11) is -0.970. The van der Waals surface area contributed by atoms with E-state index in [1.807, 2.05) is 6.92 Å². The van der Waals surface area contributed by atoms with E-state index < -0.39 is 34.4 Å². The zero-order chi connectivity index (χ0) is 20.7. The van der Waals surface area contributed by atoms with E-state index in [0.29, 0.717) is 0 Å². The smallest absolute Gasteiger partial charge is 0.309 e. The number of carbonyl (C=O) groups excluding carboxylic acids is 2. The fraction of sp³-hybridized carbons (Fsp3) is 0.529. The van der Waals surface area contributed by atoms with Gasteiger partial charge in [0.2, 0.25) is 10.0 Å². The number of nitrogens with zero attached hydrogens (tertiary/aromatic N) is 1. The molecule has 1 fully saturated rings. The molecule has 1 heterocycles. The van der Waals surface area contributed by atoms with Gasteiger partial charge in [-0.25, -0.2) is 8.42 Å². The van der Waals surface area contributed by atoms with Gasteiger partial charge in [-0.2, -0.15) is 4.31 Å². The lowest BCUT2D eigenvalue weighted by Gasteiger charge is -2.23. The van der Waals surface area contributed by atoms with E-state index >= 15 is 0 Å². The number of benzene rings is 1. The highest BCUT2D eigenvalue weighted by atomic mass is 32.2. The number of methoxy groups -OCH3 is 2. The summed E-state index contributed by atoms with van der Waals surface area (Å²) in [4.78, 5) is 23.9. The molecule has 2 N–H and O–H groups in total. The molecule has 1 aromatic rings. The number of rotatable bonds is 8. The molecule has 0 aliphatic carbocycles. The Hall–Kier alpha value is -2.05. The molecule has 0 radical (unpaired) electrons. The van der Waals surface area contributed by atoms with E-state index in [1.165, 1.54) is 30.7 Å². The highest BCUT2D eigenvalue weighted by Gasteiger charge is 2.36. The number of hydrogen-bond acceptors (Lipinski definition) is 7. The molecule has 28 heavy (non-hydrogen) atoms. The summed E-state index contributed by atoms with van der Waals surface area (Å²) >= 11 is 0. The predicted molar refractivity (Wildman–Crippen MR) is 98.6 cm³/mol. The molecule has 156 valence electrons. The number of amides is 2. The van der Waals surface area contributed by atoms with Crippen molar-refractivity contribution in [2.24, 2.45) is 0 Å². The number of aryl methyl sites for hydroxylation is 1. The molecule has 0 unspecified atom stereocenters. The van der Waals surface area contributed by atoms with E-state index in [1.54, 1.807) is 12.1 Å². The Kier molecular flexibility index (Phi) is 7.89. The molecule has 0 saturated carbocycles. The Balaban J connectivity index is 1.93. The summed E-state index contributed by atoms with van der Waals surface area (Å²) in [6, 6.07) is 6.46. The van der Waals surface area contributed by atoms with E-state index in [4.69, 9.17) is 14.2 Å². The molecule has 0 bridgehead atoms. The van der Waals surface area contributed by atoms with Crippen molar-refractivity contribution in [1.82, 2.24) is 14.9 Å². The third kappa shape index (κ3) is 5.49. The first-order valence-electron chi connectivity index (χ1n) is 8.61. The number of hydrogen-bond donors (Lipinski definition) is 2. The van der Waals surface area contributed by atoms with E-state index in [-0.39, 0.29) is 31.1 Å². The SMILES string of the molecule is COC(CNC(=O)C(=O)NC[C@H]1OCCN1S(=O)(=O)c1ccc(C)cc1)OC. The Labute approximate surface area is 164 Å². The van der Waals surface area contributed by atoms with E-state index in [0.717, 1.165) is 5.56 Å². The second-order valence-electron chi connectivity index (χ2n) is 6.08. The average molecular weight is 415 g/mol. The summed E-state index contributed by atoms with van der Waals surface area (Å²) in [5.74, 6) is -1.79. The van der Waals surface area contributed by atoms with Crippen molar-refractivity contribution in [3.05, 3.63) is 29.8 Å². The first kappa shape index (κ1) is 22.2. The normalized spacial score (nSPS) is 17.6. The first-order valence-corrected chi connectivity index (χ1v) is 10.1. The van der Waals surface area contributed by atoms with Crippen LogP contribution < -0.4 is 10.6 Å². The Morgan fingerprint density at radius 2 is 1.79 bits per heavy atom. The van der Waals surface area contributed by atoms with Gasteiger partial charge < -0.3 is 24.8 Å². The maximum absolute atomic E-state index is 12.8. The van der Waals surface area contributed by atoms with Gasteiger partial charge in [-0.05, 0) is 19.1 Å². The zero-order valence-electron chi connectivity index (χ0n) is 16.0. The van der Waals surface area contributed by atoms with Crippen molar-refractivity contribution < 1.29 is 32.2 Å². The van der Waals surface area contributed by atoms with Crippen LogP contribution in [0.15, 0.2) is 29.2 Å². The maximum Gasteiger partial charge on any atom is 0.309 e. The van der Waals surface area contributed by atoms with Crippen molar-refractivity contribution in [3.63, 3.8) is 0 Å². The van der Waals surface area contributed by atoms with E-state index in [2.05, 4.69) is 10.6 Å². The molecule has 1 atom stereocenters. The maximum atomic E-state index is 12.8. The zero-order valence-corrected chi connectivity index (χ0v) is 16.8. The van der Waals surface area contributed by atoms with Crippen LogP contribution in [0, 0.1) is 6.92 Å². The van der Waals surface area contributed by atoms with Crippen LogP contribution in [0.1, 0.15) is 5.56 Å². The Bertz CT molecular complexity index is 778. The van der Waals surface area contributed by atoms with Gasteiger partial charge in [-0.3, -0.25) is 9.59 Å². The van der Waals surface area contributed by atoms with Gasteiger partial charge in [-0.1, -0.05) is 17.7 Å². The molecule has 10 nitrogen and oxygen atoms in total. The average Bonchev–Trinajstić information content (AvgIpc) is 3.16. The third-order valence-corrected chi connectivity index (χ3v) is 6.07. The molecule has 2 amide bonds. The minimum atomic E-state index is -3.78. The minimum Gasteiger partial charge on any atom is -0.359 e. The highest BCUT2D eigenvalue weighted by molar-refractivity contribution is 7.89. The third-order valence-electron chi connectivity index (χ3n) is 4.17. The lowest BCUT2D eigenvalue weighted by atomic mass is 10.2. The van der Waals surface area contributed by atoms with Gasteiger partial charge in [0.05, 0.1) is 24.6 Å². The van der Waals surface area contributed by atoms with Gasteiger partial charge in [0.25, 0.3) is 0 Å². The van der Waals surface area contributed by atoms with Crippen LogP contribution in [0.5, 0.6) is 0 Å². The van der Waals surface area contributed by atoms with Crippen molar-refractivity contribution in [2.75, 3.05) is 40.5 Å². The molecule has 2 rings (SSSR count). The van der Waals surface area contributed by atoms with Gasteiger partial charge >= 0.3 is 11.8 Å². The molecule has 1 aliphatic rings. The summed E-state index contributed by atoms with van der Waals surface area (Å²) in [5, 5.41) is 4.74. The highest BCUT2D eigenvalue weighted by Crippen LogP contribution is 2.22. The molecule has 1 saturated heterocycles. The van der Waals surface area contributed by atoms with Gasteiger partial charge in [-0.15, -0.1) is 0 Å². The molecule has 0 aromatic heterocycles. The lowest BCUT2D eigenvalue weighted by Crippen LogP contribution is -2.48. The van der Waals surface area contributed by atoms with Crippen molar-refractivity contribution in [1.29, 1.82) is 0 Å². The second-order valence-corrected chi connectivity index (χ2v) is 7.97. The van der Waals surface area contributed by atoms with Crippen molar-refractivity contribution in [3.8, 4) is 0 Å². The van der Waals surface area contributed by atoms with E-state index in [9.17, 15) is 18.0 Å². The standard InChI is InChI=1S/C17H25N3O7S/c1-12-4-6-13(7-5-12)28(23,24)20-8-9-27-14(20)10-18-16(21)17(22)19-11-15(25-2)26-3/h4-7,14-15H,8-11H2,1-3H3,(H,18,21)(H,19,22)/t14-/m1/s1. The monoisotopic (exact) mass is 415 g/mol. The minimum absolute atomic E-state index is 0.00684. The molecular weight excluding hydrogens is 390 g/mol. The van der Waals surface area contributed by atoms with Crippen LogP contribution in [0.4, 0.5) is 0 Å². The van der Waals surface area contributed by atoms with Crippen LogP contribution in [-0.4, -0.2) is 77.5 Å². The molecule has 11 heteroatoms. The Morgan fingerprint density at radius 1 is 1.18 bits per heavy atom. The number of ether oxygens (including phenoxy) is 3. The van der Waals surface area contributed by atoms with Crippen LogP contribution >= 0.6 is 0 Å². The Morgan fingerprint density at radius 3 is 2.39 bits per heavy atom. The summed E-state index contributed by atoms with van der Waals surface area (Å²) in [6.07, 6.45) is -1.57. The van der Waals surface area contributed by atoms with Crippen molar-refractivity contribution >= 4 is 21.8 Å². The molecule has 1 aliphatic heterocycles. The van der Waals surface area contributed by atoms with Crippen LogP contribution in [0.2, 0.25) is 0 Å². The summed E-state index contributed by atoms with van der Waals surface area (Å²) < 4.78 is 42.0. The lowest BCUT2D eigenvalue weighted by molar-refractivity contribution is -0.142. The largest absolute Gasteiger partial charge is 0.359 e. The fourth-order valence-electron chi connectivity index (χ4n) is 2.57. The molecule has 0 spiro atoms. The van der Waals surface area contributed by atoms with Gasteiger partial charge in [0.15, 0.2) is 6.29 Å². The first-order chi connectivity index (χ1) is 13.3. The van der Waals surface area contributed by atoms with Gasteiger partial charge in [0, 0.05) is 20.8 Å². The number of carbonyl (C=O) groups is 2. The summed E-state index contributed by atoms with van der Waals surface area (Å²) in [6.45, 7) is 2.05. The van der Waals surface area contributed by atoms with Crippen LogP contribution in [0.3, 0.4) is 0 Å². The summed E-state index contributed by atoms with van der Waals surface area (Å²) in [5.41, 5.74) is 0.940. The number of nitrogens with one attached hydrogen (secondary N) is 2. The quantitative estimate of drug-likeness (QED) is 0.421. The second kappa shape index (κ2) is 9.94. The molecular formula is C17H25N3O7S. The molecule has 1 aromatic carbocycles. The predicted octanol–water partition coefficient (Wildman–Crippen LogP) is -0.807. The number of sulfonamides is 1. The van der Waals surface area contributed by atoms with Crippen LogP contribution in [0.25, 0.3) is 0 Å². The van der Waals surface area contributed by atoms with Gasteiger partial charge in [0.1, 0.15) is 6.23 Å². The fourth-order valence-corrected chi connectivity index (χ4v) is 4.08. The topological polar surface area (TPSA) is 123 Å². The van der Waals surface area contributed by atoms with Crippen LogP contribution in [-0.2, 0) is 33.8 Å².